The van der Waals surface area contributed by atoms with Crippen molar-refractivity contribution in [1.82, 2.24) is 20.1 Å². The van der Waals surface area contributed by atoms with Crippen molar-refractivity contribution in [3.05, 3.63) is 38.8 Å². The van der Waals surface area contributed by atoms with Gasteiger partial charge in [0.2, 0.25) is 0 Å². The number of benzene rings is 1. The standard InChI is InChI=1S/C15H19BrN4O2S/c1-9-4-5-12(11(16)8-9)22-10(2)14(21)17-7-6-13-18-19-15(23)20(13)3/h4-5,8,10H,6-7H2,1-3H3,(H,17,21)(H,19,23). The van der Waals surface area contributed by atoms with E-state index in [1.165, 1.54) is 0 Å². The third kappa shape index (κ3) is 4.65. The minimum atomic E-state index is -0.587. The van der Waals surface area contributed by atoms with Crippen LogP contribution in [0.15, 0.2) is 22.7 Å². The van der Waals surface area contributed by atoms with Crippen molar-refractivity contribution in [2.75, 3.05) is 6.54 Å². The maximum atomic E-state index is 12.1. The molecule has 1 unspecified atom stereocenters. The molecular formula is C15H19BrN4O2S. The van der Waals surface area contributed by atoms with Crippen LogP contribution in [-0.2, 0) is 18.3 Å². The number of ether oxygens (including phenoxy) is 1. The van der Waals surface area contributed by atoms with Gasteiger partial charge in [-0.15, -0.1) is 0 Å². The smallest absolute Gasteiger partial charge is 0.260 e. The molecule has 1 aromatic heterocycles. The summed E-state index contributed by atoms with van der Waals surface area (Å²) >= 11 is 8.48. The third-order valence-corrected chi connectivity index (χ3v) is 4.37. The quantitative estimate of drug-likeness (QED) is 0.733. The predicted molar refractivity (Wildman–Crippen MR) is 94.1 cm³/mol. The molecule has 0 bridgehead atoms. The Morgan fingerprint density at radius 1 is 1.57 bits per heavy atom. The van der Waals surface area contributed by atoms with Gasteiger partial charge >= 0.3 is 0 Å². The molecule has 2 aromatic rings. The highest BCUT2D eigenvalue weighted by Gasteiger charge is 2.16. The van der Waals surface area contributed by atoms with Crippen LogP contribution in [0.3, 0.4) is 0 Å². The number of amides is 1. The molecule has 0 aliphatic rings. The highest BCUT2D eigenvalue weighted by molar-refractivity contribution is 9.10. The molecule has 8 heteroatoms. The number of carbonyl (C=O) groups excluding carboxylic acids is 1. The second kappa shape index (κ2) is 7.74. The van der Waals surface area contributed by atoms with Crippen molar-refractivity contribution >= 4 is 34.1 Å². The molecule has 1 amide bonds. The lowest BCUT2D eigenvalue weighted by Gasteiger charge is -2.16. The summed E-state index contributed by atoms with van der Waals surface area (Å²) in [7, 11) is 1.84. The van der Waals surface area contributed by atoms with Gasteiger partial charge in [0.1, 0.15) is 11.6 Å². The summed E-state index contributed by atoms with van der Waals surface area (Å²) in [6.07, 6.45) is 0.00696. The zero-order valence-electron chi connectivity index (χ0n) is 13.2. The molecule has 0 fully saturated rings. The minimum absolute atomic E-state index is 0.172. The first kappa shape index (κ1) is 17.7. The van der Waals surface area contributed by atoms with Crippen molar-refractivity contribution in [3.63, 3.8) is 0 Å². The number of aryl methyl sites for hydroxylation is 1. The Labute approximate surface area is 148 Å². The van der Waals surface area contributed by atoms with E-state index in [1.807, 2.05) is 32.2 Å². The maximum absolute atomic E-state index is 12.1. The SMILES string of the molecule is Cc1ccc(OC(C)C(=O)NCCc2n[nH]c(=S)n2C)c(Br)c1. The molecule has 0 spiro atoms. The number of aromatic nitrogens is 3. The Morgan fingerprint density at radius 3 is 2.91 bits per heavy atom. The van der Waals surface area contributed by atoms with Crippen molar-refractivity contribution in [2.24, 2.45) is 7.05 Å². The van der Waals surface area contributed by atoms with Crippen molar-refractivity contribution < 1.29 is 9.53 Å². The fourth-order valence-electron chi connectivity index (χ4n) is 1.99. The summed E-state index contributed by atoms with van der Waals surface area (Å²) < 4.78 is 8.87. The molecule has 0 saturated carbocycles. The average molecular weight is 399 g/mol. The van der Waals surface area contributed by atoms with Crippen LogP contribution in [-0.4, -0.2) is 33.3 Å². The first-order chi connectivity index (χ1) is 10.9. The second-order valence-electron chi connectivity index (χ2n) is 5.24. The number of H-pyrrole nitrogens is 1. The van der Waals surface area contributed by atoms with Gasteiger partial charge in [-0.25, -0.2) is 0 Å². The van der Waals surface area contributed by atoms with E-state index < -0.39 is 6.10 Å². The molecule has 1 atom stereocenters. The molecule has 0 aliphatic heterocycles. The van der Waals surface area contributed by atoms with Crippen molar-refractivity contribution in [1.29, 1.82) is 0 Å². The zero-order valence-corrected chi connectivity index (χ0v) is 15.6. The van der Waals surface area contributed by atoms with Gasteiger partial charge in [-0.05, 0) is 59.7 Å². The lowest BCUT2D eigenvalue weighted by Crippen LogP contribution is -2.37. The Hall–Kier alpha value is -1.67. The fourth-order valence-corrected chi connectivity index (χ4v) is 2.73. The summed E-state index contributed by atoms with van der Waals surface area (Å²) in [6, 6.07) is 5.73. The molecule has 0 radical (unpaired) electrons. The van der Waals surface area contributed by atoms with Crippen LogP contribution in [0.25, 0.3) is 0 Å². The molecule has 2 rings (SSSR count). The van der Waals surface area contributed by atoms with Crippen LogP contribution >= 0.6 is 28.1 Å². The molecule has 23 heavy (non-hydrogen) atoms. The molecule has 1 heterocycles. The van der Waals surface area contributed by atoms with Gasteiger partial charge in [-0.1, -0.05) is 6.07 Å². The summed E-state index contributed by atoms with van der Waals surface area (Å²) in [4.78, 5) is 12.1. The van der Waals surface area contributed by atoms with Gasteiger partial charge < -0.3 is 14.6 Å². The molecule has 0 saturated heterocycles. The Morgan fingerprint density at radius 2 is 2.30 bits per heavy atom. The summed E-state index contributed by atoms with van der Waals surface area (Å²) in [5.41, 5.74) is 1.12. The van der Waals surface area contributed by atoms with E-state index >= 15 is 0 Å². The number of nitrogens with one attached hydrogen (secondary N) is 2. The van der Waals surface area contributed by atoms with E-state index in [4.69, 9.17) is 17.0 Å². The Bertz CT molecular complexity index is 756. The lowest BCUT2D eigenvalue weighted by molar-refractivity contribution is -0.127. The number of hydrogen-bond acceptors (Lipinski definition) is 4. The van der Waals surface area contributed by atoms with Crippen LogP contribution in [0.4, 0.5) is 0 Å². The number of nitrogens with zero attached hydrogens (tertiary/aromatic N) is 2. The Balaban J connectivity index is 1.85. The van der Waals surface area contributed by atoms with Gasteiger partial charge in [0, 0.05) is 20.0 Å². The van der Waals surface area contributed by atoms with E-state index in [2.05, 4.69) is 31.4 Å². The molecule has 0 aliphatic carbocycles. The van der Waals surface area contributed by atoms with Crippen LogP contribution in [0.2, 0.25) is 0 Å². The molecule has 2 N–H and O–H groups in total. The van der Waals surface area contributed by atoms with Crippen molar-refractivity contribution in [3.8, 4) is 5.75 Å². The fraction of sp³-hybridized carbons (Fsp3) is 0.400. The normalized spacial score (nSPS) is 12.0. The lowest BCUT2D eigenvalue weighted by atomic mass is 10.2. The van der Waals surface area contributed by atoms with Gasteiger partial charge in [-0.2, -0.15) is 5.10 Å². The van der Waals surface area contributed by atoms with Gasteiger partial charge in [0.25, 0.3) is 5.91 Å². The summed E-state index contributed by atoms with van der Waals surface area (Å²) in [5.74, 6) is 1.27. The highest BCUT2D eigenvalue weighted by Crippen LogP contribution is 2.26. The van der Waals surface area contributed by atoms with E-state index in [-0.39, 0.29) is 5.91 Å². The molecule has 6 nitrogen and oxygen atoms in total. The minimum Gasteiger partial charge on any atom is -0.480 e. The van der Waals surface area contributed by atoms with Crippen LogP contribution < -0.4 is 10.1 Å². The van der Waals surface area contributed by atoms with E-state index in [1.54, 1.807) is 11.5 Å². The van der Waals surface area contributed by atoms with Crippen LogP contribution in [0.1, 0.15) is 18.3 Å². The topological polar surface area (TPSA) is 71.9 Å². The van der Waals surface area contributed by atoms with Crippen molar-refractivity contribution in [2.45, 2.75) is 26.4 Å². The molecular weight excluding hydrogens is 380 g/mol. The first-order valence-corrected chi connectivity index (χ1v) is 8.39. The molecule has 124 valence electrons. The number of halogens is 1. The largest absolute Gasteiger partial charge is 0.480 e. The average Bonchev–Trinajstić information content (AvgIpc) is 2.82. The van der Waals surface area contributed by atoms with Crippen LogP contribution in [0.5, 0.6) is 5.75 Å². The van der Waals surface area contributed by atoms with E-state index in [0.717, 1.165) is 15.9 Å². The highest BCUT2D eigenvalue weighted by atomic mass is 79.9. The van der Waals surface area contributed by atoms with Gasteiger partial charge in [0.05, 0.1) is 4.47 Å². The second-order valence-corrected chi connectivity index (χ2v) is 6.48. The molecule has 1 aromatic carbocycles. The number of aromatic amines is 1. The van der Waals surface area contributed by atoms with Gasteiger partial charge in [-0.3, -0.25) is 9.89 Å². The maximum Gasteiger partial charge on any atom is 0.260 e. The summed E-state index contributed by atoms with van der Waals surface area (Å²) in [6.45, 7) is 4.18. The first-order valence-electron chi connectivity index (χ1n) is 7.19. The summed E-state index contributed by atoms with van der Waals surface area (Å²) in [5, 5.41) is 9.65. The van der Waals surface area contributed by atoms with Crippen LogP contribution in [0, 0.1) is 11.7 Å². The van der Waals surface area contributed by atoms with Gasteiger partial charge in [0.15, 0.2) is 10.9 Å². The number of rotatable bonds is 6. The van der Waals surface area contributed by atoms with E-state index in [0.29, 0.717) is 23.5 Å². The zero-order chi connectivity index (χ0) is 17.0. The monoisotopic (exact) mass is 398 g/mol. The number of hydrogen-bond donors (Lipinski definition) is 2. The number of carbonyl (C=O) groups is 1. The third-order valence-electron chi connectivity index (χ3n) is 3.38. The van der Waals surface area contributed by atoms with E-state index in [9.17, 15) is 4.79 Å². The predicted octanol–water partition coefficient (Wildman–Crippen LogP) is 2.67. The Kier molecular flexibility index (Phi) is 5.95.